The molecular weight excluding hydrogens is 356 g/mol. The highest BCUT2D eigenvalue weighted by Gasteiger charge is 2.25. The van der Waals surface area contributed by atoms with Crippen LogP contribution in [0, 0.1) is 0 Å². The first-order chi connectivity index (χ1) is 13.7. The summed E-state index contributed by atoms with van der Waals surface area (Å²) in [5, 5.41) is 0. The first-order valence-electron chi connectivity index (χ1n) is 9.76. The van der Waals surface area contributed by atoms with Crippen LogP contribution < -0.4 is 28.7 Å². The topological polar surface area (TPSA) is 45.8 Å². The van der Waals surface area contributed by atoms with Gasteiger partial charge in [0.15, 0.2) is 23.0 Å². The van der Waals surface area contributed by atoms with Gasteiger partial charge < -0.3 is 28.7 Å². The molecule has 0 atom stereocenters. The molecule has 0 unspecified atom stereocenters. The zero-order valence-electron chi connectivity index (χ0n) is 17.3. The summed E-state index contributed by atoms with van der Waals surface area (Å²) in [4.78, 5) is 3.19. The fraction of sp³-hybridized carbons (Fsp3) is 0.455. The molecule has 6 nitrogen and oxygen atoms in total. The van der Waals surface area contributed by atoms with Crippen LogP contribution in [0.4, 0.5) is 0 Å². The molecule has 1 aliphatic heterocycles. The largest absolute Gasteiger partial charge is 0.493 e. The van der Waals surface area contributed by atoms with Crippen molar-refractivity contribution in [2.24, 2.45) is 0 Å². The standard InChI is InChI=1S/C22H30N2O4/c1-25-19-9-8-17(14-21(19)27-3)15-23-10-12-24(13-11-23)16-18-6-5-7-20(26-2)22(18)28-4/h5-9,14H,10-13,15-16H2,1-4H3/p+2. The number of ether oxygens (including phenoxy) is 4. The van der Waals surface area contributed by atoms with E-state index in [2.05, 4.69) is 18.2 Å². The van der Waals surface area contributed by atoms with E-state index in [1.165, 1.54) is 11.1 Å². The molecule has 2 aromatic rings. The van der Waals surface area contributed by atoms with Gasteiger partial charge in [-0.05, 0) is 30.3 Å². The number of hydrogen-bond donors (Lipinski definition) is 2. The molecule has 0 saturated carbocycles. The second-order valence-electron chi connectivity index (χ2n) is 7.20. The molecule has 2 aromatic carbocycles. The highest BCUT2D eigenvalue weighted by atomic mass is 16.5. The fourth-order valence-corrected chi connectivity index (χ4v) is 3.95. The molecule has 6 heteroatoms. The number of rotatable bonds is 8. The number of quaternary nitrogens is 2. The monoisotopic (exact) mass is 388 g/mol. The summed E-state index contributed by atoms with van der Waals surface area (Å²) in [5.74, 6) is 3.24. The lowest BCUT2D eigenvalue weighted by Gasteiger charge is -2.30. The summed E-state index contributed by atoms with van der Waals surface area (Å²) in [5.41, 5.74) is 2.49. The van der Waals surface area contributed by atoms with Gasteiger partial charge in [-0.15, -0.1) is 0 Å². The van der Waals surface area contributed by atoms with E-state index < -0.39 is 0 Å². The van der Waals surface area contributed by atoms with Crippen molar-refractivity contribution in [2.75, 3.05) is 54.6 Å². The molecule has 0 bridgehead atoms. The van der Waals surface area contributed by atoms with Crippen LogP contribution in [0.25, 0.3) is 0 Å². The maximum absolute atomic E-state index is 5.58. The van der Waals surface area contributed by atoms with Crippen molar-refractivity contribution in [3.05, 3.63) is 47.5 Å². The van der Waals surface area contributed by atoms with Gasteiger partial charge in [-0.3, -0.25) is 0 Å². The Morgan fingerprint density at radius 2 is 1.32 bits per heavy atom. The second-order valence-corrected chi connectivity index (χ2v) is 7.20. The van der Waals surface area contributed by atoms with Crippen LogP contribution >= 0.6 is 0 Å². The van der Waals surface area contributed by atoms with Crippen LogP contribution in [0.15, 0.2) is 36.4 Å². The summed E-state index contributed by atoms with van der Waals surface area (Å²) in [6, 6.07) is 12.3. The quantitative estimate of drug-likeness (QED) is 0.679. The van der Waals surface area contributed by atoms with Crippen molar-refractivity contribution in [1.82, 2.24) is 0 Å². The number of methoxy groups -OCH3 is 4. The van der Waals surface area contributed by atoms with E-state index in [0.29, 0.717) is 0 Å². The lowest BCUT2D eigenvalue weighted by molar-refractivity contribution is -1.02. The van der Waals surface area contributed by atoms with Crippen molar-refractivity contribution in [3.8, 4) is 23.0 Å². The average Bonchev–Trinajstić information content (AvgIpc) is 2.74. The van der Waals surface area contributed by atoms with E-state index in [1.54, 1.807) is 38.2 Å². The molecule has 0 spiro atoms. The van der Waals surface area contributed by atoms with Gasteiger partial charge in [0.25, 0.3) is 0 Å². The van der Waals surface area contributed by atoms with E-state index in [1.807, 2.05) is 18.2 Å². The average molecular weight is 389 g/mol. The molecule has 1 fully saturated rings. The molecule has 28 heavy (non-hydrogen) atoms. The number of nitrogens with one attached hydrogen (secondary N) is 2. The van der Waals surface area contributed by atoms with E-state index in [-0.39, 0.29) is 0 Å². The molecule has 1 aliphatic rings. The van der Waals surface area contributed by atoms with Crippen LogP contribution in [0.5, 0.6) is 23.0 Å². The third kappa shape index (κ3) is 4.69. The normalized spacial score (nSPS) is 19.1. The zero-order chi connectivity index (χ0) is 19.9. The van der Waals surface area contributed by atoms with Gasteiger partial charge in [0, 0.05) is 5.56 Å². The SMILES string of the molecule is COc1ccc(C[NH+]2CC[NH+](Cc3cccc(OC)c3OC)CC2)cc1OC. The maximum atomic E-state index is 5.58. The lowest BCUT2D eigenvalue weighted by Crippen LogP contribution is -3.27. The first-order valence-corrected chi connectivity index (χ1v) is 9.76. The molecule has 0 aliphatic carbocycles. The highest BCUT2D eigenvalue weighted by molar-refractivity contribution is 5.46. The Kier molecular flexibility index (Phi) is 7.01. The van der Waals surface area contributed by atoms with Crippen LogP contribution in [0.2, 0.25) is 0 Å². The predicted octanol–water partition coefficient (Wildman–Crippen LogP) is 0.205. The maximum Gasteiger partial charge on any atom is 0.169 e. The first kappa shape index (κ1) is 20.3. The van der Waals surface area contributed by atoms with Crippen LogP contribution in [0.1, 0.15) is 11.1 Å². The van der Waals surface area contributed by atoms with Gasteiger partial charge >= 0.3 is 0 Å². The Bertz CT molecular complexity index is 773. The summed E-state index contributed by atoms with van der Waals surface area (Å²) in [6.07, 6.45) is 0. The second kappa shape index (κ2) is 9.66. The Labute approximate surface area is 167 Å². The minimum absolute atomic E-state index is 0.780. The van der Waals surface area contributed by atoms with Crippen LogP contribution in [0.3, 0.4) is 0 Å². The Morgan fingerprint density at radius 1 is 0.679 bits per heavy atom. The number of para-hydroxylation sites is 1. The van der Waals surface area contributed by atoms with Crippen LogP contribution in [-0.2, 0) is 13.1 Å². The summed E-state index contributed by atoms with van der Waals surface area (Å²) >= 11 is 0. The van der Waals surface area contributed by atoms with Gasteiger partial charge in [0.05, 0.1) is 34.0 Å². The van der Waals surface area contributed by atoms with Gasteiger partial charge in [0.1, 0.15) is 39.3 Å². The Morgan fingerprint density at radius 3 is 1.93 bits per heavy atom. The highest BCUT2D eigenvalue weighted by Crippen LogP contribution is 2.30. The van der Waals surface area contributed by atoms with Crippen molar-refractivity contribution in [2.45, 2.75) is 13.1 Å². The molecule has 0 radical (unpaired) electrons. The fourth-order valence-electron chi connectivity index (χ4n) is 3.95. The molecule has 0 aromatic heterocycles. The van der Waals surface area contributed by atoms with Crippen molar-refractivity contribution < 1.29 is 28.7 Å². The molecule has 1 heterocycles. The molecule has 1 saturated heterocycles. The van der Waals surface area contributed by atoms with Gasteiger partial charge in [0.2, 0.25) is 0 Å². The molecule has 0 amide bonds. The van der Waals surface area contributed by atoms with Crippen LogP contribution in [-0.4, -0.2) is 54.6 Å². The summed E-state index contributed by atoms with van der Waals surface area (Å²) < 4.78 is 21.8. The van der Waals surface area contributed by atoms with E-state index >= 15 is 0 Å². The number of benzene rings is 2. The molecular formula is C22H32N2O4+2. The smallest absolute Gasteiger partial charge is 0.169 e. The lowest BCUT2D eigenvalue weighted by atomic mass is 10.1. The molecule has 152 valence electrons. The molecule has 3 rings (SSSR count). The number of hydrogen-bond acceptors (Lipinski definition) is 4. The van der Waals surface area contributed by atoms with Crippen molar-refractivity contribution >= 4 is 0 Å². The van der Waals surface area contributed by atoms with Gasteiger partial charge in [-0.25, -0.2) is 0 Å². The summed E-state index contributed by atoms with van der Waals surface area (Å²) in [7, 11) is 6.75. The van der Waals surface area contributed by atoms with E-state index in [0.717, 1.165) is 62.3 Å². The predicted molar refractivity (Wildman–Crippen MR) is 108 cm³/mol. The third-order valence-electron chi connectivity index (χ3n) is 5.49. The van der Waals surface area contributed by atoms with Gasteiger partial charge in [-0.1, -0.05) is 6.07 Å². The Balaban J connectivity index is 1.57. The Hall–Kier alpha value is -2.44. The van der Waals surface area contributed by atoms with Gasteiger partial charge in [-0.2, -0.15) is 0 Å². The minimum atomic E-state index is 0.780. The minimum Gasteiger partial charge on any atom is -0.493 e. The van der Waals surface area contributed by atoms with E-state index in [9.17, 15) is 0 Å². The third-order valence-corrected chi connectivity index (χ3v) is 5.49. The summed E-state index contributed by atoms with van der Waals surface area (Å²) in [6.45, 7) is 6.55. The van der Waals surface area contributed by atoms with Crippen molar-refractivity contribution in [1.29, 1.82) is 0 Å². The molecule has 2 N–H and O–H groups in total. The zero-order valence-corrected chi connectivity index (χ0v) is 17.3. The van der Waals surface area contributed by atoms with E-state index in [4.69, 9.17) is 18.9 Å². The number of piperazine rings is 1. The van der Waals surface area contributed by atoms with Crippen molar-refractivity contribution in [3.63, 3.8) is 0 Å².